The van der Waals surface area contributed by atoms with Gasteiger partial charge in [-0.2, -0.15) is 0 Å². The van der Waals surface area contributed by atoms with E-state index in [1.807, 2.05) is 4.90 Å². The molecule has 82 valence electrons. The SMILES string of the molecule is NNC(=O)CCN1CCOCC1CO. The van der Waals surface area contributed by atoms with Crippen molar-refractivity contribution in [3.63, 3.8) is 0 Å². The van der Waals surface area contributed by atoms with Crippen LogP contribution in [-0.4, -0.2) is 54.9 Å². The lowest BCUT2D eigenvalue weighted by atomic mass is 10.2. The van der Waals surface area contributed by atoms with E-state index in [2.05, 4.69) is 5.43 Å². The van der Waals surface area contributed by atoms with Gasteiger partial charge < -0.3 is 9.84 Å². The van der Waals surface area contributed by atoms with Crippen molar-refractivity contribution in [2.24, 2.45) is 5.84 Å². The van der Waals surface area contributed by atoms with E-state index >= 15 is 0 Å². The van der Waals surface area contributed by atoms with Crippen LogP contribution in [0.5, 0.6) is 0 Å². The van der Waals surface area contributed by atoms with E-state index in [9.17, 15) is 4.79 Å². The average Bonchev–Trinajstić information content (AvgIpc) is 2.26. The van der Waals surface area contributed by atoms with Gasteiger partial charge in [0.2, 0.25) is 5.91 Å². The molecule has 6 heteroatoms. The lowest BCUT2D eigenvalue weighted by Crippen LogP contribution is -2.48. The first-order valence-electron chi connectivity index (χ1n) is 4.70. The van der Waals surface area contributed by atoms with Gasteiger partial charge in [0.25, 0.3) is 0 Å². The van der Waals surface area contributed by atoms with Crippen LogP contribution in [0.25, 0.3) is 0 Å². The Hall–Kier alpha value is -0.690. The highest BCUT2D eigenvalue weighted by molar-refractivity contribution is 5.75. The summed E-state index contributed by atoms with van der Waals surface area (Å²) in [5.74, 6) is 4.78. The third-order valence-electron chi connectivity index (χ3n) is 2.35. The summed E-state index contributed by atoms with van der Waals surface area (Å²) >= 11 is 0. The van der Waals surface area contributed by atoms with Crippen LogP contribution in [0.1, 0.15) is 6.42 Å². The van der Waals surface area contributed by atoms with E-state index in [4.69, 9.17) is 15.7 Å². The zero-order valence-electron chi connectivity index (χ0n) is 8.11. The van der Waals surface area contributed by atoms with Crippen molar-refractivity contribution in [1.82, 2.24) is 10.3 Å². The highest BCUT2D eigenvalue weighted by Crippen LogP contribution is 2.06. The van der Waals surface area contributed by atoms with Crippen molar-refractivity contribution in [3.05, 3.63) is 0 Å². The molecule has 14 heavy (non-hydrogen) atoms. The molecule has 1 aliphatic heterocycles. The van der Waals surface area contributed by atoms with Crippen molar-refractivity contribution >= 4 is 5.91 Å². The van der Waals surface area contributed by atoms with Gasteiger partial charge in [0.15, 0.2) is 0 Å². The van der Waals surface area contributed by atoms with Crippen LogP contribution in [0.4, 0.5) is 0 Å². The highest BCUT2D eigenvalue weighted by Gasteiger charge is 2.22. The smallest absolute Gasteiger partial charge is 0.235 e. The Labute approximate surface area is 83.0 Å². The topological polar surface area (TPSA) is 87.8 Å². The summed E-state index contributed by atoms with van der Waals surface area (Å²) in [6.07, 6.45) is 0.354. The largest absolute Gasteiger partial charge is 0.395 e. The molecule has 0 aliphatic carbocycles. The van der Waals surface area contributed by atoms with Crippen LogP contribution in [0.2, 0.25) is 0 Å². The van der Waals surface area contributed by atoms with Crippen molar-refractivity contribution in [2.75, 3.05) is 32.9 Å². The van der Waals surface area contributed by atoms with Crippen LogP contribution >= 0.6 is 0 Å². The number of nitrogens with two attached hydrogens (primary N) is 1. The summed E-state index contributed by atoms with van der Waals surface area (Å²) in [5.41, 5.74) is 2.08. The van der Waals surface area contributed by atoms with Gasteiger partial charge in [0, 0.05) is 19.5 Å². The Morgan fingerprint density at radius 1 is 1.71 bits per heavy atom. The molecule has 4 N–H and O–H groups in total. The summed E-state index contributed by atoms with van der Waals surface area (Å²) in [6.45, 7) is 2.60. The molecular formula is C8H17N3O3. The van der Waals surface area contributed by atoms with Gasteiger partial charge in [0.05, 0.1) is 25.9 Å². The Balaban J connectivity index is 2.29. The quantitative estimate of drug-likeness (QED) is 0.281. The van der Waals surface area contributed by atoms with Crippen molar-refractivity contribution < 1.29 is 14.6 Å². The Bertz CT molecular complexity index is 189. The molecule has 1 atom stereocenters. The molecule has 1 saturated heterocycles. The highest BCUT2D eigenvalue weighted by atomic mass is 16.5. The Morgan fingerprint density at radius 3 is 3.14 bits per heavy atom. The third-order valence-corrected chi connectivity index (χ3v) is 2.35. The molecule has 1 fully saturated rings. The van der Waals surface area contributed by atoms with E-state index in [1.54, 1.807) is 0 Å². The second kappa shape index (κ2) is 5.92. The maximum atomic E-state index is 10.9. The number of carbonyl (C=O) groups excluding carboxylic acids is 1. The number of carbonyl (C=O) groups is 1. The summed E-state index contributed by atoms with van der Waals surface area (Å²) in [7, 11) is 0. The lowest BCUT2D eigenvalue weighted by Gasteiger charge is -2.34. The zero-order chi connectivity index (χ0) is 10.4. The third kappa shape index (κ3) is 3.22. The molecule has 0 aromatic carbocycles. The summed E-state index contributed by atoms with van der Waals surface area (Å²) in [5, 5.41) is 9.04. The number of rotatable bonds is 4. The second-order valence-corrected chi connectivity index (χ2v) is 3.26. The summed E-state index contributed by atoms with van der Waals surface area (Å²) in [4.78, 5) is 12.9. The standard InChI is InChI=1S/C8H17N3O3/c9-10-8(13)1-2-11-3-4-14-6-7(11)5-12/h7,12H,1-6,9H2,(H,10,13). The molecule has 0 bridgehead atoms. The van der Waals surface area contributed by atoms with E-state index in [0.717, 1.165) is 6.54 Å². The first-order chi connectivity index (χ1) is 6.77. The maximum absolute atomic E-state index is 10.9. The molecule has 0 spiro atoms. The van der Waals surface area contributed by atoms with Crippen LogP contribution < -0.4 is 11.3 Å². The van der Waals surface area contributed by atoms with E-state index in [0.29, 0.717) is 26.2 Å². The monoisotopic (exact) mass is 203 g/mol. The summed E-state index contributed by atoms with van der Waals surface area (Å²) in [6, 6.07) is 0.00863. The van der Waals surface area contributed by atoms with Crippen molar-refractivity contribution in [1.29, 1.82) is 0 Å². The lowest BCUT2D eigenvalue weighted by molar-refractivity contribution is -0.122. The first kappa shape index (κ1) is 11.4. The first-order valence-corrected chi connectivity index (χ1v) is 4.70. The second-order valence-electron chi connectivity index (χ2n) is 3.26. The number of aliphatic hydroxyl groups is 1. The van der Waals surface area contributed by atoms with Crippen LogP contribution in [-0.2, 0) is 9.53 Å². The number of morpholine rings is 1. The van der Waals surface area contributed by atoms with Crippen LogP contribution in [0.15, 0.2) is 0 Å². The van der Waals surface area contributed by atoms with Crippen molar-refractivity contribution in [2.45, 2.75) is 12.5 Å². The van der Waals surface area contributed by atoms with Crippen LogP contribution in [0.3, 0.4) is 0 Å². The van der Waals surface area contributed by atoms with E-state index < -0.39 is 0 Å². The number of hydrogen-bond acceptors (Lipinski definition) is 5. The van der Waals surface area contributed by atoms with Gasteiger partial charge >= 0.3 is 0 Å². The number of ether oxygens (including phenoxy) is 1. The Kier molecular flexibility index (Phi) is 4.81. The molecule has 1 heterocycles. The van der Waals surface area contributed by atoms with Crippen molar-refractivity contribution in [3.8, 4) is 0 Å². The summed E-state index contributed by atoms with van der Waals surface area (Å²) < 4.78 is 5.21. The maximum Gasteiger partial charge on any atom is 0.235 e. The molecule has 1 amide bonds. The van der Waals surface area contributed by atoms with E-state index in [-0.39, 0.29) is 18.6 Å². The molecule has 0 aromatic rings. The fraction of sp³-hybridized carbons (Fsp3) is 0.875. The molecule has 0 saturated carbocycles. The van der Waals surface area contributed by atoms with Gasteiger partial charge in [-0.15, -0.1) is 0 Å². The van der Waals surface area contributed by atoms with Gasteiger partial charge in [-0.1, -0.05) is 0 Å². The minimum absolute atomic E-state index is 0.00863. The molecule has 1 unspecified atom stereocenters. The molecule has 1 aliphatic rings. The molecule has 0 radical (unpaired) electrons. The molecular weight excluding hydrogens is 186 g/mol. The predicted molar refractivity (Wildman–Crippen MR) is 50.2 cm³/mol. The van der Waals surface area contributed by atoms with Gasteiger partial charge in [0.1, 0.15) is 0 Å². The van der Waals surface area contributed by atoms with Gasteiger partial charge in [-0.3, -0.25) is 15.1 Å². The number of nitrogens with one attached hydrogen (secondary N) is 1. The molecule has 6 nitrogen and oxygen atoms in total. The predicted octanol–water partition coefficient (Wildman–Crippen LogP) is -1.94. The normalized spacial score (nSPS) is 23.4. The molecule has 1 rings (SSSR count). The fourth-order valence-electron chi connectivity index (χ4n) is 1.47. The zero-order valence-corrected chi connectivity index (χ0v) is 8.11. The van der Waals surface area contributed by atoms with Gasteiger partial charge in [-0.05, 0) is 0 Å². The average molecular weight is 203 g/mol. The van der Waals surface area contributed by atoms with E-state index in [1.165, 1.54) is 0 Å². The number of hydrogen-bond donors (Lipinski definition) is 3. The fourth-order valence-corrected chi connectivity index (χ4v) is 1.47. The van der Waals surface area contributed by atoms with Crippen LogP contribution in [0, 0.1) is 0 Å². The number of hydrazine groups is 1. The molecule has 0 aromatic heterocycles. The number of aliphatic hydroxyl groups excluding tert-OH is 1. The minimum Gasteiger partial charge on any atom is -0.395 e. The minimum atomic E-state index is -0.187. The number of amides is 1. The van der Waals surface area contributed by atoms with Gasteiger partial charge in [-0.25, -0.2) is 5.84 Å². The Morgan fingerprint density at radius 2 is 2.50 bits per heavy atom. The number of nitrogens with zero attached hydrogens (tertiary/aromatic N) is 1.